The highest BCUT2D eigenvalue weighted by Crippen LogP contribution is 2.27. The van der Waals surface area contributed by atoms with Crippen LogP contribution in [0.5, 0.6) is 0 Å². The Morgan fingerprint density at radius 3 is 1.71 bits per heavy atom. The molecular formula is C13H28Cl2N2. The molecule has 0 fully saturated rings. The zero-order valence-corrected chi connectivity index (χ0v) is 12.8. The number of rotatable bonds is 9. The van der Waals surface area contributed by atoms with E-state index in [1.165, 1.54) is 0 Å². The zero-order chi connectivity index (χ0) is 11.7. The summed E-state index contributed by atoms with van der Waals surface area (Å²) in [5.41, 5.74) is 5.94. The first-order valence-electron chi connectivity index (χ1n) is 5.87. The van der Waals surface area contributed by atoms with Gasteiger partial charge in [-0.2, -0.15) is 0 Å². The second-order valence-electron chi connectivity index (χ2n) is 3.95. The number of hydrogen-bond acceptors (Lipinski definition) is 2. The monoisotopic (exact) mass is 282 g/mol. The third-order valence-electron chi connectivity index (χ3n) is 3.30. The van der Waals surface area contributed by atoms with Crippen LogP contribution in [-0.2, 0) is 0 Å². The molecule has 0 radical (unpaired) electrons. The predicted octanol–water partition coefficient (Wildman–Crippen LogP) is 3.41. The molecule has 0 bridgehead atoms. The smallest absolute Gasteiger partial charge is 0.0222 e. The normalized spacial score (nSPS) is 10.4. The molecule has 2 N–H and O–H groups in total. The molecule has 0 saturated heterocycles. The Morgan fingerprint density at radius 1 is 1.06 bits per heavy atom. The molecule has 0 aromatic heterocycles. The van der Waals surface area contributed by atoms with Crippen LogP contribution in [0.15, 0.2) is 25.3 Å². The van der Waals surface area contributed by atoms with E-state index >= 15 is 0 Å². The summed E-state index contributed by atoms with van der Waals surface area (Å²) in [6.07, 6.45) is 7.21. The largest absolute Gasteiger partial charge is 0.330 e. The highest BCUT2D eigenvalue weighted by atomic mass is 35.5. The van der Waals surface area contributed by atoms with Crippen LogP contribution in [0.3, 0.4) is 0 Å². The highest BCUT2D eigenvalue weighted by molar-refractivity contribution is 5.85. The van der Waals surface area contributed by atoms with Crippen LogP contribution in [0.25, 0.3) is 0 Å². The molecule has 0 spiro atoms. The third-order valence-corrected chi connectivity index (χ3v) is 3.30. The van der Waals surface area contributed by atoms with E-state index in [2.05, 4.69) is 31.9 Å². The first-order valence-corrected chi connectivity index (χ1v) is 5.87. The first-order chi connectivity index (χ1) is 7.20. The SMILES string of the molecule is C=CCN(CC=C)C(CC)(CC)CCN.Cl.Cl. The maximum absolute atomic E-state index is 5.72. The van der Waals surface area contributed by atoms with E-state index in [4.69, 9.17) is 5.73 Å². The van der Waals surface area contributed by atoms with Gasteiger partial charge in [0.1, 0.15) is 0 Å². The second-order valence-corrected chi connectivity index (χ2v) is 3.95. The molecule has 0 aliphatic carbocycles. The average molecular weight is 283 g/mol. The number of nitrogens with two attached hydrogens (primary N) is 1. The minimum atomic E-state index is 0. The standard InChI is InChI=1S/C13H26N2.2ClH/c1-5-11-15(12-6-2)13(7-3,8-4)9-10-14;;/h5-6H,1-2,7-12,14H2,3-4H3;2*1H. The van der Waals surface area contributed by atoms with Crippen LogP contribution in [0.1, 0.15) is 33.1 Å². The Bertz CT molecular complexity index is 182. The number of nitrogens with zero attached hydrogens (tertiary/aromatic N) is 1. The molecule has 0 saturated carbocycles. The third kappa shape index (κ3) is 6.46. The van der Waals surface area contributed by atoms with Crippen molar-refractivity contribution >= 4 is 24.8 Å². The van der Waals surface area contributed by atoms with Gasteiger partial charge in [0, 0.05) is 18.6 Å². The summed E-state index contributed by atoms with van der Waals surface area (Å²) in [6, 6.07) is 0. The Labute approximate surface area is 119 Å². The summed E-state index contributed by atoms with van der Waals surface area (Å²) < 4.78 is 0. The average Bonchev–Trinajstić information content (AvgIpc) is 2.26. The molecule has 2 nitrogen and oxygen atoms in total. The molecule has 0 amide bonds. The fourth-order valence-corrected chi connectivity index (χ4v) is 2.25. The predicted molar refractivity (Wildman–Crippen MR) is 83.4 cm³/mol. The van der Waals surface area contributed by atoms with E-state index < -0.39 is 0 Å². The van der Waals surface area contributed by atoms with E-state index in [-0.39, 0.29) is 30.4 Å². The van der Waals surface area contributed by atoms with Crippen LogP contribution >= 0.6 is 24.8 Å². The number of hydrogen-bond donors (Lipinski definition) is 1. The fraction of sp³-hybridized carbons (Fsp3) is 0.692. The summed E-state index contributed by atoms with van der Waals surface area (Å²) in [5.74, 6) is 0. The van der Waals surface area contributed by atoms with Crippen molar-refractivity contribution < 1.29 is 0 Å². The molecule has 0 heterocycles. The van der Waals surface area contributed by atoms with Crippen LogP contribution in [0.4, 0.5) is 0 Å². The molecule has 17 heavy (non-hydrogen) atoms. The molecular weight excluding hydrogens is 255 g/mol. The summed E-state index contributed by atoms with van der Waals surface area (Å²) in [7, 11) is 0. The van der Waals surface area contributed by atoms with Gasteiger partial charge in [0.15, 0.2) is 0 Å². The molecule has 0 aromatic rings. The van der Waals surface area contributed by atoms with Gasteiger partial charge < -0.3 is 5.73 Å². The van der Waals surface area contributed by atoms with Crippen molar-refractivity contribution in [2.24, 2.45) is 5.73 Å². The van der Waals surface area contributed by atoms with E-state index in [1.54, 1.807) is 0 Å². The molecule has 0 atom stereocenters. The van der Waals surface area contributed by atoms with Crippen LogP contribution in [-0.4, -0.2) is 30.1 Å². The van der Waals surface area contributed by atoms with Gasteiger partial charge in [0.25, 0.3) is 0 Å². The van der Waals surface area contributed by atoms with Crippen molar-refractivity contribution in [1.82, 2.24) is 4.90 Å². The molecule has 0 unspecified atom stereocenters. The van der Waals surface area contributed by atoms with Crippen molar-refractivity contribution in [2.45, 2.75) is 38.6 Å². The van der Waals surface area contributed by atoms with Crippen molar-refractivity contribution in [2.75, 3.05) is 19.6 Å². The minimum absolute atomic E-state index is 0. The molecule has 0 aromatic carbocycles. The molecule has 0 aliphatic heterocycles. The lowest BCUT2D eigenvalue weighted by atomic mass is 9.86. The zero-order valence-electron chi connectivity index (χ0n) is 11.2. The van der Waals surface area contributed by atoms with E-state index in [9.17, 15) is 0 Å². The van der Waals surface area contributed by atoms with E-state index in [0.717, 1.165) is 38.9 Å². The lowest BCUT2D eigenvalue weighted by molar-refractivity contribution is 0.0967. The first kappa shape index (κ1) is 22.2. The minimum Gasteiger partial charge on any atom is -0.330 e. The van der Waals surface area contributed by atoms with Crippen molar-refractivity contribution in [3.63, 3.8) is 0 Å². The van der Waals surface area contributed by atoms with Gasteiger partial charge in [-0.25, -0.2) is 0 Å². The summed E-state index contributed by atoms with van der Waals surface area (Å²) in [5, 5.41) is 0. The van der Waals surface area contributed by atoms with Gasteiger partial charge in [-0.1, -0.05) is 26.0 Å². The topological polar surface area (TPSA) is 29.3 Å². The van der Waals surface area contributed by atoms with Crippen LogP contribution in [0.2, 0.25) is 0 Å². The van der Waals surface area contributed by atoms with Crippen molar-refractivity contribution in [3.8, 4) is 0 Å². The fourth-order valence-electron chi connectivity index (χ4n) is 2.25. The van der Waals surface area contributed by atoms with Gasteiger partial charge >= 0.3 is 0 Å². The van der Waals surface area contributed by atoms with Gasteiger partial charge in [0.05, 0.1) is 0 Å². The molecule has 4 heteroatoms. The van der Waals surface area contributed by atoms with Gasteiger partial charge in [-0.15, -0.1) is 38.0 Å². The van der Waals surface area contributed by atoms with Crippen LogP contribution < -0.4 is 5.73 Å². The van der Waals surface area contributed by atoms with Gasteiger partial charge in [-0.05, 0) is 25.8 Å². The Hall–Kier alpha value is -0.0200. The lowest BCUT2D eigenvalue weighted by Crippen LogP contribution is -2.49. The Balaban J connectivity index is -0.000000980. The Kier molecular flexibility index (Phi) is 16.2. The maximum Gasteiger partial charge on any atom is 0.0222 e. The van der Waals surface area contributed by atoms with Gasteiger partial charge in [0.2, 0.25) is 0 Å². The second kappa shape index (κ2) is 12.4. The van der Waals surface area contributed by atoms with E-state index in [1.807, 2.05) is 12.2 Å². The van der Waals surface area contributed by atoms with E-state index in [0.29, 0.717) is 0 Å². The Morgan fingerprint density at radius 2 is 1.47 bits per heavy atom. The highest BCUT2D eigenvalue weighted by Gasteiger charge is 2.30. The lowest BCUT2D eigenvalue weighted by Gasteiger charge is -2.42. The maximum atomic E-state index is 5.72. The summed E-state index contributed by atoms with van der Waals surface area (Å²) in [4.78, 5) is 2.43. The number of halogens is 2. The molecule has 104 valence electrons. The molecule has 0 rings (SSSR count). The summed E-state index contributed by atoms with van der Waals surface area (Å²) in [6.45, 7) is 14.7. The van der Waals surface area contributed by atoms with Crippen molar-refractivity contribution in [1.29, 1.82) is 0 Å². The van der Waals surface area contributed by atoms with Crippen LogP contribution in [0, 0.1) is 0 Å². The molecule has 0 aliphatic rings. The quantitative estimate of drug-likeness (QED) is 0.657. The summed E-state index contributed by atoms with van der Waals surface area (Å²) >= 11 is 0. The van der Waals surface area contributed by atoms with Crippen molar-refractivity contribution in [3.05, 3.63) is 25.3 Å². The van der Waals surface area contributed by atoms with Gasteiger partial charge in [-0.3, -0.25) is 4.90 Å².